The Balaban J connectivity index is 2.33. The van der Waals surface area contributed by atoms with Crippen molar-refractivity contribution >= 4 is 6.08 Å². The van der Waals surface area contributed by atoms with Crippen LogP contribution in [0.1, 0.15) is 45.4 Å². The molecule has 0 aromatic carbocycles. The Labute approximate surface area is 123 Å². The fourth-order valence-corrected chi connectivity index (χ4v) is 2.20. The summed E-state index contributed by atoms with van der Waals surface area (Å²) >= 11 is 0. The van der Waals surface area contributed by atoms with E-state index in [1.165, 1.54) is 10.8 Å². The molecule has 21 heavy (non-hydrogen) atoms. The van der Waals surface area contributed by atoms with Crippen LogP contribution in [0, 0.1) is 5.41 Å². The Hall–Kier alpha value is -1.66. The van der Waals surface area contributed by atoms with Gasteiger partial charge < -0.3 is 9.84 Å². The second-order valence-electron chi connectivity index (χ2n) is 6.42. The van der Waals surface area contributed by atoms with Gasteiger partial charge in [-0.1, -0.05) is 32.9 Å². The van der Waals surface area contributed by atoms with Gasteiger partial charge in [-0.2, -0.15) is 0 Å². The number of ether oxygens (including phenoxy) is 1. The number of H-pyrrole nitrogens is 1. The number of nitrogens with one attached hydrogen (secondary N) is 1. The van der Waals surface area contributed by atoms with Gasteiger partial charge in [0.05, 0.1) is 18.3 Å². The molecule has 116 valence electrons. The number of allylic oxidation sites excluding steroid dienone is 1. The van der Waals surface area contributed by atoms with Crippen LogP contribution in [-0.2, 0) is 4.74 Å². The number of hydrogen-bond donors (Lipinski definition) is 2. The Morgan fingerprint density at radius 2 is 2.14 bits per heavy atom. The molecule has 1 aliphatic heterocycles. The van der Waals surface area contributed by atoms with Crippen LogP contribution >= 0.6 is 0 Å². The van der Waals surface area contributed by atoms with Crippen LogP contribution < -0.4 is 11.2 Å². The zero-order chi connectivity index (χ0) is 15.6. The molecule has 2 atom stereocenters. The number of aliphatic hydroxyl groups is 1. The molecule has 2 heterocycles. The van der Waals surface area contributed by atoms with Crippen LogP contribution in [0.5, 0.6) is 0 Å². The minimum Gasteiger partial charge on any atom is -0.394 e. The van der Waals surface area contributed by atoms with Crippen LogP contribution in [0.3, 0.4) is 0 Å². The highest BCUT2D eigenvalue weighted by Gasteiger charge is 2.27. The van der Waals surface area contributed by atoms with Crippen molar-refractivity contribution in [3.63, 3.8) is 0 Å². The standard InChI is InChI=1S/C15H22N2O4/c1-15(2,3)7-6-10-8-17(14(20)16-13(10)19)12-5-4-11(9-18)21-12/h6-8,11-12,18H,4-5,9H2,1-3H3,(H,16,19,20)/b7-6+. The summed E-state index contributed by atoms with van der Waals surface area (Å²) in [7, 11) is 0. The smallest absolute Gasteiger partial charge is 0.330 e. The molecule has 1 aromatic rings. The molecular weight excluding hydrogens is 272 g/mol. The van der Waals surface area contributed by atoms with Gasteiger partial charge >= 0.3 is 5.69 Å². The first-order valence-electron chi connectivity index (χ1n) is 7.11. The molecule has 6 nitrogen and oxygen atoms in total. The first-order chi connectivity index (χ1) is 9.80. The molecule has 2 unspecified atom stereocenters. The van der Waals surface area contributed by atoms with Gasteiger partial charge in [-0.05, 0) is 18.3 Å². The van der Waals surface area contributed by atoms with Crippen molar-refractivity contribution in [2.24, 2.45) is 5.41 Å². The zero-order valence-corrected chi connectivity index (χ0v) is 12.6. The summed E-state index contributed by atoms with van der Waals surface area (Å²) in [4.78, 5) is 26.1. The third kappa shape index (κ3) is 3.92. The number of rotatable bonds is 3. The highest BCUT2D eigenvalue weighted by atomic mass is 16.5. The summed E-state index contributed by atoms with van der Waals surface area (Å²) in [6.45, 7) is 6.02. The largest absolute Gasteiger partial charge is 0.394 e. The molecule has 0 radical (unpaired) electrons. The van der Waals surface area contributed by atoms with Crippen LogP contribution in [0.25, 0.3) is 6.08 Å². The van der Waals surface area contributed by atoms with Crippen LogP contribution in [0.4, 0.5) is 0 Å². The molecule has 1 saturated heterocycles. The lowest BCUT2D eigenvalue weighted by Gasteiger charge is -2.15. The van der Waals surface area contributed by atoms with Crippen molar-refractivity contribution in [2.75, 3.05) is 6.61 Å². The Morgan fingerprint density at radius 3 is 2.71 bits per heavy atom. The molecule has 0 aliphatic carbocycles. The molecule has 0 spiro atoms. The van der Waals surface area contributed by atoms with Gasteiger partial charge in [0.25, 0.3) is 5.56 Å². The van der Waals surface area contributed by atoms with Gasteiger partial charge in [0.1, 0.15) is 6.23 Å². The zero-order valence-electron chi connectivity index (χ0n) is 12.6. The summed E-state index contributed by atoms with van der Waals surface area (Å²) in [5.74, 6) is 0. The van der Waals surface area contributed by atoms with Crippen molar-refractivity contribution in [3.8, 4) is 0 Å². The first-order valence-corrected chi connectivity index (χ1v) is 7.11. The molecule has 1 aliphatic rings. The molecular formula is C15H22N2O4. The fourth-order valence-electron chi connectivity index (χ4n) is 2.20. The van der Waals surface area contributed by atoms with Gasteiger partial charge in [-0.25, -0.2) is 4.79 Å². The molecule has 2 N–H and O–H groups in total. The van der Waals surface area contributed by atoms with E-state index in [2.05, 4.69) is 4.98 Å². The van der Waals surface area contributed by atoms with E-state index in [-0.39, 0.29) is 18.1 Å². The van der Waals surface area contributed by atoms with E-state index in [0.717, 1.165) is 0 Å². The minimum atomic E-state index is -0.489. The van der Waals surface area contributed by atoms with Crippen LogP contribution in [0.15, 0.2) is 21.9 Å². The van der Waals surface area contributed by atoms with Gasteiger partial charge in [0.2, 0.25) is 0 Å². The summed E-state index contributed by atoms with van der Waals surface area (Å²) in [5, 5.41) is 9.09. The number of hydrogen-bond acceptors (Lipinski definition) is 4. The lowest BCUT2D eigenvalue weighted by molar-refractivity contribution is -0.0246. The lowest BCUT2D eigenvalue weighted by Crippen LogP contribution is -2.33. The maximum Gasteiger partial charge on any atom is 0.330 e. The predicted octanol–water partition coefficient (Wildman–Crippen LogP) is 1.27. The summed E-state index contributed by atoms with van der Waals surface area (Å²) in [6, 6.07) is 0. The Kier molecular flexibility index (Phi) is 4.49. The average Bonchev–Trinajstić information content (AvgIpc) is 2.85. The van der Waals surface area contributed by atoms with Gasteiger partial charge in [0.15, 0.2) is 0 Å². The third-order valence-electron chi connectivity index (χ3n) is 3.36. The van der Waals surface area contributed by atoms with Gasteiger partial charge in [0, 0.05) is 6.20 Å². The third-order valence-corrected chi connectivity index (χ3v) is 3.36. The molecule has 6 heteroatoms. The summed E-state index contributed by atoms with van der Waals surface area (Å²) < 4.78 is 6.97. The Bertz CT molecular complexity index is 636. The Morgan fingerprint density at radius 1 is 1.43 bits per heavy atom. The topological polar surface area (TPSA) is 84.3 Å². The van der Waals surface area contributed by atoms with Gasteiger partial charge in [-0.15, -0.1) is 0 Å². The maximum absolute atomic E-state index is 11.9. The summed E-state index contributed by atoms with van der Waals surface area (Å²) in [6.07, 6.45) is 5.80. The summed E-state index contributed by atoms with van der Waals surface area (Å²) in [5.41, 5.74) is -0.537. The van der Waals surface area contributed by atoms with E-state index in [9.17, 15) is 9.59 Å². The molecule has 2 rings (SSSR count). The van der Waals surface area contributed by atoms with Crippen molar-refractivity contribution in [2.45, 2.75) is 45.9 Å². The number of aliphatic hydroxyl groups excluding tert-OH is 1. The van der Waals surface area contributed by atoms with Gasteiger partial charge in [-0.3, -0.25) is 14.3 Å². The SMILES string of the molecule is CC(C)(C)/C=C/c1cn(C2CCC(CO)O2)c(=O)[nH]c1=O. The molecule has 0 bridgehead atoms. The predicted molar refractivity (Wildman–Crippen MR) is 80.0 cm³/mol. The normalized spacial score (nSPS) is 23.0. The van der Waals surface area contributed by atoms with E-state index in [1.807, 2.05) is 26.8 Å². The van der Waals surface area contributed by atoms with E-state index in [1.54, 1.807) is 6.08 Å². The number of aromatic nitrogens is 2. The maximum atomic E-state index is 11.9. The highest BCUT2D eigenvalue weighted by Crippen LogP contribution is 2.26. The van der Waals surface area contributed by atoms with Crippen molar-refractivity contribution in [1.82, 2.24) is 9.55 Å². The van der Waals surface area contributed by atoms with Crippen LogP contribution in [0.2, 0.25) is 0 Å². The number of aromatic amines is 1. The van der Waals surface area contributed by atoms with Crippen molar-refractivity contribution in [1.29, 1.82) is 0 Å². The second-order valence-corrected chi connectivity index (χ2v) is 6.42. The van der Waals surface area contributed by atoms with E-state index >= 15 is 0 Å². The average molecular weight is 294 g/mol. The monoisotopic (exact) mass is 294 g/mol. The second kappa shape index (κ2) is 5.99. The molecule has 0 saturated carbocycles. The van der Waals surface area contributed by atoms with Crippen molar-refractivity contribution < 1.29 is 9.84 Å². The van der Waals surface area contributed by atoms with E-state index in [0.29, 0.717) is 18.4 Å². The fraction of sp³-hybridized carbons (Fsp3) is 0.600. The first kappa shape index (κ1) is 15.7. The van der Waals surface area contributed by atoms with Crippen LogP contribution in [-0.4, -0.2) is 27.4 Å². The minimum absolute atomic E-state index is 0.0563. The highest BCUT2D eigenvalue weighted by molar-refractivity contribution is 5.47. The molecule has 0 amide bonds. The number of nitrogens with zero attached hydrogens (tertiary/aromatic N) is 1. The van der Waals surface area contributed by atoms with E-state index in [4.69, 9.17) is 9.84 Å². The van der Waals surface area contributed by atoms with Crippen molar-refractivity contribution in [3.05, 3.63) is 38.7 Å². The lowest BCUT2D eigenvalue weighted by atomic mass is 9.96. The molecule has 1 fully saturated rings. The quantitative estimate of drug-likeness (QED) is 0.879. The molecule has 1 aromatic heterocycles. The van der Waals surface area contributed by atoms with E-state index < -0.39 is 17.5 Å².